The molecule has 1 saturated heterocycles. The molecule has 0 amide bonds. The highest BCUT2D eigenvalue weighted by Crippen LogP contribution is 2.31. The molecule has 3 aromatic rings. The van der Waals surface area contributed by atoms with Gasteiger partial charge < -0.3 is 29.2 Å². The lowest BCUT2D eigenvalue weighted by Gasteiger charge is -2.28. The molecule has 0 atom stereocenters. The number of aromatic nitrogens is 4. The van der Waals surface area contributed by atoms with E-state index < -0.39 is 0 Å². The van der Waals surface area contributed by atoms with Gasteiger partial charge in [0.05, 0.1) is 26.0 Å². The van der Waals surface area contributed by atoms with Crippen molar-refractivity contribution >= 4 is 51.8 Å². The Labute approximate surface area is 209 Å². The number of hydrogen-bond acceptors (Lipinski definition) is 8. The summed E-state index contributed by atoms with van der Waals surface area (Å²) >= 11 is 7.02. The Bertz CT molecular complexity index is 1180. The Balaban J connectivity index is 1.62. The topological polar surface area (TPSA) is 80.6 Å². The van der Waals surface area contributed by atoms with Crippen LogP contribution in [0.3, 0.4) is 0 Å². The number of nitrogens with zero attached hydrogens (tertiary/aromatic N) is 6. The van der Waals surface area contributed by atoms with Crippen LogP contribution in [0.1, 0.15) is 18.3 Å². The van der Waals surface area contributed by atoms with E-state index in [1.54, 1.807) is 18.9 Å². The quantitative estimate of drug-likeness (QED) is 0.296. The van der Waals surface area contributed by atoms with Gasteiger partial charge in [-0.1, -0.05) is 24.8 Å². The number of anilines is 2. The summed E-state index contributed by atoms with van der Waals surface area (Å²) in [5.41, 5.74) is 3.68. The zero-order chi connectivity index (χ0) is 24.2. The third kappa shape index (κ3) is 5.21. The highest BCUT2D eigenvalue weighted by atomic mass is 32.2. The van der Waals surface area contributed by atoms with Crippen LogP contribution in [0.5, 0.6) is 5.75 Å². The van der Waals surface area contributed by atoms with Gasteiger partial charge in [0.2, 0.25) is 0 Å². The normalized spacial score (nSPS) is 13.9. The predicted molar refractivity (Wildman–Crippen MR) is 141 cm³/mol. The van der Waals surface area contributed by atoms with Crippen LogP contribution < -0.4 is 15.0 Å². The third-order valence-electron chi connectivity index (χ3n) is 5.68. The number of rotatable bonds is 7. The number of thioether (sulfide) groups is 1. The number of aryl methyl sites for hydroxylation is 2. The van der Waals surface area contributed by atoms with E-state index in [0.717, 1.165) is 64.5 Å². The van der Waals surface area contributed by atoms with E-state index in [9.17, 15) is 0 Å². The van der Waals surface area contributed by atoms with Gasteiger partial charge in [0.15, 0.2) is 27.3 Å². The molecule has 9 nitrogen and oxygen atoms in total. The van der Waals surface area contributed by atoms with Crippen LogP contribution in [0.4, 0.5) is 11.5 Å². The molecule has 0 saturated carbocycles. The first kappa shape index (κ1) is 24.5. The van der Waals surface area contributed by atoms with E-state index in [0.29, 0.717) is 24.1 Å². The zero-order valence-electron chi connectivity index (χ0n) is 20.3. The molecule has 0 bridgehead atoms. The van der Waals surface area contributed by atoms with Gasteiger partial charge in [-0.05, 0) is 29.9 Å². The molecule has 1 aliphatic heterocycles. The van der Waals surface area contributed by atoms with Crippen LogP contribution in [0.25, 0.3) is 11.2 Å². The molecule has 11 heteroatoms. The second-order valence-corrected chi connectivity index (χ2v) is 9.52. The van der Waals surface area contributed by atoms with Crippen molar-refractivity contribution in [3.63, 3.8) is 0 Å². The van der Waals surface area contributed by atoms with Crippen molar-refractivity contribution in [1.82, 2.24) is 24.4 Å². The molecule has 4 rings (SSSR count). The minimum absolute atomic E-state index is 0.620. The number of fused-ring (bicyclic) bond motifs is 1. The van der Waals surface area contributed by atoms with Crippen LogP contribution in [0, 0.1) is 0 Å². The molecule has 0 spiro atoms. The van der Waals surface area contributed by atoms with Crippen molar-refractivity contribution in [2.45, 2.75) is 24.3 Å². The molecule has 1 fully saturated rings. The summed E-state index contributed by atoms with van der Waals surface area (Å²) in [4.78, 5) is 18.8. The van der Waals surface area contributed by atoms with Crippen LogP contribution in [-0.2, 0) is 24.0 Å². The molecule has 1 N–H and O–H groups in total. The minimum atomic E-state index is 0.620. The van der Waals surface area contributed by atoms with Crippen LogP contribution >= 0.6 is 24.0 Å². The highest BCUT2D eigenvalue weighted by molar-refractivity contribution is 7.98. The lowest BCUT2D eigenvalue weighted by Crippen LogP contribution is -2.37. The molecule has 0 unspecified atom stereocenters. The number of morpholine rings is 1. The Morgan fingerprint density at radius 3 is 2.68 bits per heavy atom. The van der Waals surface area contributed by atoms with E-state index in [4.69, 9.17) is 36.6 Å². The van der Waals surface area contributed by atoms with E-state index in [2.05, 4.69) is 33.8 Å². The molecule has 3 heterocycles. The first-order valence-electron chi connectivity index (χ1n) is 11.2. The van der Waals surface area contributed by atoms with E-state index in [1.807, 2.05) is 32.1 Å². The number of hydrogen-bond donors (Lipinski definition) is 1. The fourth-order valence-corrected chi connectivity index (χ4v) is 4.65. The molecule has 0 aliphatic carbocycles. The van der Waals surface area contributed by atoms with Crippen LogP contribution in [0.15, 0.2) is 23.4 Å². The SMILES string of the molecule is CCc1nc2c(N3CCOCC3)nc(SCc3ccc(OC)c(NC(=S)N(C)C)c3)nc2n1C. The molecule has 182 valence electrons. The van der Waals surface area contributed by atoms with Gasteiger partial charge in [-0.3, -0.25) is 0 Å². The van der Waals surface area contributed by atoms with Gasteiger partial charge in [-0.2, -0.15) is 0 Å². The summed E-state index contributed by atoms with van der Waals surface area (Å²) in [7, 11) is 7.49. The van der Waals surface area contributed by atoms with Gasteiger partial charge in [0.1, 0.15) is 11.6 Å². The summed E-state index contributed by atoms with van der Waals surface area (Å²) in [6.45, 7) is 5.09. The van der Waals surface area contributed by atoms with Crippen molar-refractivity contribution in [1.29, 1.82) is 0 Å². The largest absolute Gasteiger partial charge is 0.495 e. The average molecular weight is 502 g/mol. The van der Waals surface area contributed by atoms with Gasteiger partial charge in [0.25, 0.3) is 0 Å². The van der Waals surface area contributed by atoms with Gasteiger partial charge in [-0.15, -0.1) is 0 Å². The maximum Gasteiger partial charge on any atom is 0.191 e. The van der Waals surface area contributed by atoms with E-state index in [-0.39, 0.29) is 0 Å². The summed E-state index contributed by atoms with van der Waals surface area (Å²) < 4.78 is 13.1. The van der Waals surface area contributed by atoms with Gasteiger partial charge in [-0.25, -0.2) is 15.0 Å². The van der Waals surface area contributed by atoms with Crippen molar-refractivity contribution < 1.29 is 9.47 Å². The van der Waals surface area contributed by atoms with Crippen molar-refractivity contribution in [2.24, 2.45) is 7.05 Å². The Morgan fingerprint density at radius 2 is 2.00 bits per heavy atom. The second-order valence-electron chi connectivity index (χ2n) is 8.19. The number of methoxy groups -OCH3 is 1. The number of ether oxygens (including phenoxy) is 2. The van der Waals surface area contributed by atoms with Crippen molar-refractivity contribution in [3.8, 4) is 5.75 Å². The van der Waals surface area contributed by atoms with Crippen LogP contribution in [-0.4, -0.2) is 77.0 Å². The average Bonchev–Trinajstić information content (AvgIpc) is 3.18. The first-order chi connectivity index (χ1) is 16.4. The van der Waals surface area contributed by atoms with Gasteiger partial charge >= 0.3 is 0 Å². The summed E-state index contributed by atoms with van der Waals surface area (Å²) in [5, 5.41) is 4.60. The maximum atomic E-state index is 5.55. The Hall–Kier alpha value is -2.63. The predicted octanol–water partition coefficient (Wildman–Crippen LogP) is 3.32. The molecular formula is C23H31N7O2S2. The Morgan fingerprint density at radius 1 is 1.24 bits per heavy atom. The third-order valence-corrected chi connectivity index (χ3v) is 7.06. The Kier molecular flexibility index (Phi) is 7.74. The molecule has 34 heavy (non-hydrogen) atoms. The minimum Gasteiger partial charge on any atom is -0.495 e. The lowest BCUT2D eigenvalue weighted by atomic mass is 10.2. The lowest BCUT2D eigenvalue weighted by molar-refractivity contribution is 0.122. The number of nitrogens with one attached hydrogen (secondary N) is 1. The van der Waals surface area contributed by atoms with E-state index >= 15 is 0 Å². The number of imidazole rings is 1. The smallest absolute Gasteiger partial charge is 0.191 e. The molecule has 2 aromatic heterocycles. The van der Waals surface area contributed by atoms with Gasteiger partial charge in [0, 0.05) is 46.4 Å². The fourth-order valence-electron chi connectivity index (χ4n) is 3.77. The summed E-state index contributed by atoms with van der Waals surface area (Å²) in [5.74, 6) is 3.34. The zero-order valence-corrected chi connectivity index (χ0v) is 21.9. The molecule has 1 aliphatic rings. The first-order valence-corrected chi connectivity index (χ1v) is 12.6. The summed E-state index contributed by atoms with van der Waals surface area (Å²) in [6.07, 6.45) is 0.842. The van der Waals surface area contributed by atoms with Crippen molar-refractivity contribution in [2.75, 3.05) is 57.7 Å². The fraction of sp³-hybridized carbons (Fsp3) is 0.478. The second kappa shape index (κ2) is 10.7. The van der Waals surface area contributed by atoms with Crippen molar-refractivity contribution in [3.05, 3.63) is 29.6 Å². The summed E-state index contributed by atoms with van der Waals surface area (Å²) in [6, 6.07) is 6.06. The van der Waals surface area contributed by atoms with Crippen LogP contribution in [0.2, 0.25) is 0 Å². The van der Waals surface area contributed by atoms with E-state index in [1.165, 1.54) is 0 Å². The maximum absolute atomic E-state index is 5.55. The standard InChI is InChI=1S/C23H31N7O2S2/c1-6-18-25-19-20(29(18)4)26-22(27-21(19)30-9-11-32-12-10-30)34-14-15-7-8-17(31-5)16(13-15)24-23(33)28(2)3/h7-8,13H,6,9-12,14H2,1-5H3,(H,24,33). The number of benzene rings is 1. The molecular weight excluding hydrogens is 470 g/mol. The highest BCUT2D eigenvalue weighted by Gasteiger charge is 2.22. The monoisotopic (exact) mass is 501 g/mol. The molecule has 0 radical (unpaired) electrons. The molecule has 1 aromatic carbocycles. The number of thiocarbonyl (C=S) groups is 1.